The van der Waals surface area contributed by atoms with Gasteiger partial charge in [-0.2, -0.15) is 0 Å². The Hall–Kier alpha value is -2.12. The number of hydrogen-bond donors (Lipinski definition) is 2. The van der Waals surface area contributed by atoms with E-state index in [2.05, 4.69) is 10.2 Å². The van der Waals surface area contributed by atoms with Crippen molar-refractivity contribution in [1.82, 2.24) is 9.80 Å². The number of amides is 2. The van der Waals surface area contributed by atoms with E-state index in [0.29, 0.717) is 39.3 Å². The highest BCUT2D eigenvalue weighted by Crippen LogP contribution is 2.16. The summed E-state index contributed by atoms with van der Waals surface area (Å²) in [5, 5.41) is 2.90. The van der Waals surface area contributed by atoms with Gasteiger partial charge in [-0.1, -0.05) is 20.3 Å². The number of nitrogens with two attached hydrogens (primary N) is 1. The SMILES string of the molecule is CCOc1ccc(NC(=O)CN2CCN(C(=O)C(N)C(C)CC)CC2)cc1. The molecule has 7 nitrogen and oxygen atoms in total. The molecule has 1 heterocycles. The van der Waals surface area contributed by atoms with E-state index in [4.69, 9.17) is 10.5 Å². The second-order valence-electron chi connectivity index (χ2n) is 7.02. The maximum atomic E-state index is 12.4. The summed E-state index contributed by atoms with van der Waals surface area (Å²) in [5.74, 6) is 0.917. The first kappa shape index (κ1) is 21.2. The summed E-state index contributed by atoms with van der Waals surface area (Å²) in [4.78, 5) is 28.6. The van der Waals surface area contributed by atoms with Crippen LogP contribution < -0.4 is 15.8 Å². The zero-order valence-electron chi connectivity index (χ0n) is 16.6. The number of ether oxygens (including phenoxy) is 1. The lowest BCUT2D eigenvalue weighted by molar-refractivity contribution is -0.135. The van der Waals surface area contributed by atoms with Gasteiger partial charge in [-0.15, -0.1) is 0 Å². The lowest BCUT2D eigenvalue weighted by Gasteiger charge is -2.36. The molecule has 7 heteroatoms. The zero-order valence-corrected chi connectivity index (χ0v) is 16.6. The Morgan fingerprint density at radius 1 is 1.15 bits per heavy atom. The Balaban J connectivity index is 1.76. The highest BCUT2D eigenvalue weighted by molar-refractivity contribution is 5.92. The molecule has 0 radical (unpaired) electrons. The van der Waals surface area contributed by atoms with Crippen LogP contribution in [0.25, 0.3) is 0 Å². The van der Waals surface area contributed by atoms with E-state index < -0.39 is 6.04 Å². The first-order chi connectivity index (χ1) is 12.9. The van der Waals surface area contributed by atoms with Gasteiger partial charge in [-0.05, 0) is 37.1 Å². The summed E-state index contributed by atoms with van der Waals surface area (Å²) in [7, 11) is 0. The number of carbonyl (C=O) groups excluding carboxylic acids is 2. The van der Waals surface area contributed by atoms with Crippen LogP contribution in [0.5, 0.6) is 5.75 Å². The third-order valence-corrected chi connectivity index (χ3v) is 5.04. The average Bonchev–Trinajstić information content (AvgIpc) is 2.68. The molecule has 0 bridgehead atoms. The van der Waals surface area contributed by atoms with Crippen molar-refractivity contribution in [1.29, 1.82) is 0 Å². The molecule has 0 aliphatic carbocycles. The number of hydrogen-bond acceptors (Lipinski definition) is 5. The molecule has 2 amide bonds. The summed E-state index contributed by atoms with van der Waals surface area (Å²) in [5.41, 5.74) is 6.80. The second kappa shape index (κ2) is 10.3. The Kier molecular flexibility index (Phi) is 8.06. The Bertz CT molecular complexity index is 612. The lowest BCUT2D eigenvalue weighted by atomic mass is 9.98. The number of benzene rings is 1. The van der Waals surface area contributed by atoms with E-state index in [9.17, 15) is 9.59 Å². The van der Waals surface area contributed by atoms with E-state index in [0.717, 1.165) is 17.9 Å². The molecule has 150 valence electrons. The second-order valence-corrected chi connectivity index (χ2v) is 7.02. The summed E-state index contributed by atoms with van der Waals surface area (Å²) in [6.45, 7) is 9.48. The minimum Gasteiger partial charge on any atom is -0.494 e. The first-order valence-electron chi connectivity index (χ1n) is 9.74. The maximum Gasteiger partial charge on any atom is 0.239 e. The van der Waals surface area contributed by atoms with Crippen molar-refractivity contribution in [3.8, 4) is 5.75 Å². The van der Waals surface area contributed by atoms with Gasteiger partial charge in [0.1, 0.15) is 5.75 Å². The van der Waals surface area contributed by atoms with Crippen molar-refractivity contribution < 1.29 is 14.3 Å². The normalized spacial score (nSPS) is 17.3. The Morgan fingerprint density at radius 2 is 1.78 bits per heavy atom. The zero-order chi connectivity index (χ0) is 19.8. The fourth-order valence-electron chi connectivity index (χ4n) is 3.04. The molecule has 2 rings (SSSR count). The third-order valence-electron chi connectivity index (χ3n) is 5.04. The quantitative estimate of drug-likeness (QED) is 0.719. The van der Waals surface area contributed by atoms with Gasteiger partial charge in [-0.25, -0.2) is 0 Å². The molecule has 0 spiro atoms. The van der Waals surface area contributed by atoms with Gasteiger partial charge >= 0.3 is 0 Å². The molecule has 1 aromatic rings. The van der Waals surface area contributed by atoms with E-state index in [-0.39, 0.29) is 17.7 Å². The molecular weight excluding hydrogens is 344 g/mol. The highest BCUT2D eigenvalue weighted by atomic mass is 16.5. The van der Waals surface area contributed by atoms with Crippen LogP contribution in [-0.2, 0) is 9.59 Å². The van der Waals surface area contributed by atoms with Gasteiger partial charge < -0.3 is 20.7 Å². The van der Waals surface area contributed by atoms with E-state index in [1.54, 1.807) is 0 Å². The van der Waals surface area contributed by atoms with Crippen LogP contribution in [0.15, 0.2) is 24.3 Å². The summed E-state index contributed by atoms with van der Waals surface area (Å²) in [6, 6.07) is 6.89. The molecule has 0 saturated carbocycles. The molecule has 1 saturated heterocycles. The van der Waals surface area contributed by atoms with E-state index >= 15 is 0 Å². The van der Waals surface area contributed by atoms with Crippen LogP contribution in [0.1, 0.15) is 27.2 Å². The predicted molar refractivity (Wildman–Crippen MR) is 107 cm³/mol. The van der Waals surface area contributed by atoms with Gasteiger partial charge in [0, 0.05) is 31.9 Å². The van der Waals surface area contributed by atoms with Crippen LogP contribution in [0, 0.1) is 5.92 Å². The molecule has 1 aliphatic rings. The fourth-order valence-corrected chi connectivity index (χ4v) is 3.04. The molecule has 1 aromatic carbocycles. The van der Waals surface area contributed by atoms with Crippen molar-refractivity contribution >= 4 is 17.5 Å². The minimum atomic E-state index is -0.440. The van der Waals surface area contributed by atoms with Crippen LogP contribution in [0.4, 0.5) is 5.69 Å². The number of nitrogens with one attached hydrogen (secondary N) is 1. The van der Waals surface area contributed by atoms with Crippen LogP contribution >= 0.6 is 0 Å². The van der Waals surface area contributed by atoms with Crippen molar-refractivity contribution in [2.75, 3.05) is 44.6 Å². The summed E-state index contributed by atoms with van der Waals surface area (Å²) < 4.78 is 5.39. The van der Waals surface area contributed by atoms with Crippen LogP contribution in [-0.4, -0.2) is 67.0 Å². The average molecular weight is 377 g/mol. The molecule has 3 N–H and O–H groups in total. The number of rotatable bonds is 8. The van der Waals surface area contributed by atoms with Crippen LogP contribution in [0.3, 0.4) is 0 Å². The van der Waals surface area contributed by atoms with Crippen molar-refractivity contribution in [3.05, 3.63) is 24.3 Å². The molecule has 2 atom stereocenters. The molecular formula is C20H32N4O3. The third kappa shape index (κ3) is 6.22. The summed E-state index contributed by atoms with van der Waals surface area (Å²) in [6.07, 6.45) is 0.887. The minimum absolute atomic E-state index is 0.0165. The van der Waals surface area contributed by atoms with Gasteiger partial charge in [0.05, 0.1) is 19.2 Å². The monoisotopic (exact) mass is 376 g/mol. The standard InChI is InChI=1S/C20H32N4O3/c1-4-15(3)19(21)20(26)24-12-10-23(11-13-24)14-18(25)22-16-6-8-17(9-7-16)27-5-2/h6-9,15,19H,4-5,10-14,21H2,1-3H3,(H,22,25). The van der Waals surface area contributed by atoms with E-state index in [1.807, 2.05) is 49.9 Å². The lowest BCUT2D eigenvalue weighted by Crippen LogP contribution is -2.55. The van der Waals surface area contributed by atoms with Crippen molar-refractivity contribution in [2.24, 2.45) is 11.7 Å². The highest BCUT2D eigenvalue weighted by Gasteiger charge is 2.28. The van der Waals surface area contributed by atoms with Gasteiger partial charge in [-0.3, -0.25) is 14.5 Å². The van der Waals surface area contributed by atoms with Crippen molar-refractivity contribution in [2.45, 2.75) is 33.2 Å². The number of anilines is 1. The number of nitrogens with zero attached hydrogens (tertiary/aromatic N) is 2. The predicted octanol–water partition coefficient (Wildman–Crippen LogP) is 1.54. The summed E-state index contributed by atoms with van der Waals surface area (Å²) >= 11 is 0. The molecule has 1 fully saturated rings. The topological polar surface area (TPSA) is 87.9 Å². The maximum absolute atomic E-state index is 12.4. The Morgan fingerprint density at radius 3 is 2.33 bits per heavy atom. The molecule has 2 unspecified atom stereocenters. The van der Waals surface area contributed by atoms with Gasteiger partial charge in [0.15, 0.2) is 0 Å². The largest absolute Gasteiger partial charge is 0.494 e. The van der Waals surface area contributed by atoms with Gasteiger partial charge in [0.25, 0.3) is 0 Å². The van der Waals surface area contributed by atoms with Crippen molar-refractivity contribution in [3.63, 3.8) is 0 Å². The van der Waals surface area contributed by atoms with E-state index in [1.165, 1.54) is 0 Å². The molecule has 27 heavy (non-hydrogen) atoms. The first-order valence-corrected chi connectivity index (χ1v) is 9.74. The Labute approximate surface area is 161 Å². The number of carbonyl (C=O) groups is 2. The molecule has 1 aliphatic heterocycles. The fraction of sp³-hybridized carbons (Fsp3) is 0.600. The van der Waals surface area contributed by atoms with Crippen LogP contribution in [0.2, 0.25) is 0 Å². The van der Waals surface area contributed by atoms with Gasteiger partial charge in [0.2, 0.25) is 11.8 Å². The smallest absolute Gasteiger partial charge is 0.239 e. The molecule has 0 aromatic heterocycles. The number of piperazine rings is 1.